The molecule has 0 unspecified atom stereocenters. The molecule has 27 heavy (non-hydrogen) atoms. The van der Waals surface area contributed by atoms with Crippen molar-refractivity contribution in [3.63, 3.8) is 0 Å². The molecule has 7 heteroatoms. The quantitative estimate of drug-likeness (QED) is 0.765. The molecule has 7 nitrogen and oxygen atoms in total. The zero-order valence-corrected chi connectivity index (χ0v) is 15.6. The molecule has 0 saturated carbocycles. The summed E-state index contributed by atoms with van der Waals surface area (Å²) in [4.78, 5) is 26.9. The molecule has 0 radical (unpaired) electrons. The van der Waals surface area contributed by atoms with Gasteiger partial charge in [0, 0.05) is 12.7 Å². The minimum atomic E-state index is -0.703. The van der Waals surface area contributed by atoms with Crippen LogP contribution in [0.25, 0.3) is 0 Å². The fourth-order valence-corrected chi connectivity index (χ4v) is 3.03. The molecule has 1 aliphatic heterocycles. The number of esters is 1. The summed E-state index contributed by atoms with van der Waals surface area (Å²) >= 11 is 0. The molecule has 2 N–H and O–H groups in total. The Bertz CT molecular complexity index is 857. The zero-order chi connectivity index (χ0) is 19.4. The van der Waals surface area contributed by atoms with Crippen molar-refractivity contribution in [2.75, 3.05) is 25.1 Å². The highest BCUT2D eigenvalue weighted by Crippen LogP contribution is 2.29. The number of furan rings is 1. The van der Waals surface area contributed by atoms with Gasteiger partial charge in [0.05, 0.1) is 24.4 Å². The van der Waals surface area contributed by atoms with Crippen molar-refractivity contribution in [1.82, 2.24) is 10.6 Å². The van der Waals surface area contributed by atoms with E-state index in [-0.39, 0.29) is 6.61 Å². The van der Waals surface area contributed by atoms with E-state index in [1.165, 1.54) is 0 Å². The van der Waals surface area contributed by atoms with E-state index in [2.05, 4.69) is 10.6 Å². The number of urea groups is 1. The lowest BCUT2D eigenvalue weighted by Gasteiger charge is -2.30. The van der Waals surface area contributed by atoms with E-state index in [1.54, 1.807) is 19.1 Å². The molecule has 0 saturated heterocycles. The molecule has 2 heterocycles. The third-order valence-corrected chi connectivity index (χ3v) is 4.29. The molecule has 0 aliphatic carbocycles. The van der Waals surface area contributed by atoms with Gasteiger partial charge in [-0.05, 0) is 38.1 Å². The largest absolute Gasteiger partial charge is 0.464 e. The number of hydrogen-bond donors (Lipinski definition) is 2. The van der Waals surface area contributed by atoms with E-state index in [1.807, 2.05) is 49.2 Å². The molecule has 2 aromatic rings. The Labute approximate surface area is 158 Å². The summed E-state index contributed by atoms with van der Waals surface area (Å²) in [5.74, 6) is 0.703. The minimum Gasteiger partial charge on any atom is -0.464 e. The molecule has 0 bridgehead atoms. The van der Waals surface area contributed by atoms with Crippen LogP contribution in [0.2, 0.25) is 0 Å². The summed E-state index contributed by atoms with van der Waals surface area (Å²) in [6, 6.07) is 12.2. The van der Waals surface area contributed by atoms with Gasteiger partial charge < -0.3 is 24.7 Å². The second-order valence-corrected chi connectivity index (χ2v) is 6.28. The normalized spacial score (nSPS) is 16.6. The van der Waals surface area contributed by atoms with Crippen LogP contribution in [0.5, 0.6) is 0 Å². The number of carbonyl (C=O) groups is 2. The topological polar surface area (TPSA) is 83.8 Å². The van der Waals surface area contributed by atoms with Crippen LogP contribution in [0.3, 0.4) is 0 Å². The van der Waals surface area contributed by atoms with Gasteiger partial charge >= 0.3 is 12.0 Å². The van der Waals surface area contributed by atoms with Gasteiger partial charge in [-0.2, -0.15) is 0 Å². The average molecular weight is 369 g/mol. The second kappa shape index (κ2) is 7.99. The molecule has 1 aromatic carbocycles. The maximum absolute atomic E-state index is 12.7. The van der Waals surface area contributed by atoms with Gasteiger partial charge in [0.1, 0.15) is 17.6 Å². The van der Waals surface area contributed by atoms with Crippen LogP contribution in [0.1, 0.15) is 24.5 Å². The molecule has 1 aromatic heterocycles. The molecular formula is C20H23N3O4. The van der Waals surface area contributed by atoms with E-state index in [0.29, 0.717) is 29.3 Å². The SMILES string of the molecule is CCOC(=O)C1=C(CN(C)c2ccccc2)NC(=O)N[C@@H]1c1ccc(C)o1. The van der Waals surface area contributed by atoms with E-state index in [9.17, 15) is 9.59 Å². The van der Waals surface area contributed by atoms with Gasteiger partial charge in [0.2, 0.25) is 0 Å². The first-order valence-electron chi connectivity index (χ1n) is 8.79. The lowest BCUT2D eigenvalue weighted by Crippen LogP contribution is -2.48. The monoisotopic (exact) mass is 369 g/mol. The second-order valence-electron chi connectivity index (χ2n) is 6.28. The first-order valence-corrected chi connectivity index (χ1v) is 8.79. The predicted octanol–water partition coefficient (Wildman–Crippen LogP) is 2.90. The van der Waals surface area contributed by atoms with Crippen LogP contribution in [-0.4, -0.2) is 32.2 Å². The van der Waals surface area contributed by atoms with Crippen molar-refractivity contribution in [3.05, 3.63) is 65.3 Å². The van der Waals surface area contributed by atoms with Crippen LogP contribution in [0.15, 0.2) is 58.2 Å². The number of hydrogen-bond acceptors (Lipinski definition) is 5. The van der Waals surface area contributed by atoms with Crippen LogP contribution in [-0.2, 0) is 9.53 Å². The lowest BCUT2D eigenvalue weighted by molar-refractivity contribution is -0.139. The maximum atomic E-state index is 12.7. The van der Waals surface area contributed by atoms with Crippen molar-refractivity contribution >= 4 is 17.7 Å². The van der Waals surface area contributed by atoms with Crippen LogP contribution < -0.4 is 15.5 Å². The molecular weight excluding hydrogens is 346 g/mol. The molecule has 3 rings (SSSR count). The smallest absolute Gasteiger partial charge is 0.338 e. The van der Waals surface area contributed by atoms with Gasteiger partial charge in [-0.3, -0.25) is 0 Å². The lowest BCUT2D eigenvalue weighted by atomic mass is 10.00. The Morgan fingerprint density at radius 2 is 1.96 bits per heavy atom. The van der Waals surface area contributed by atoms with Crippen molar-refractivity contribution in [2.45, 2.75) is 19.9 Å². The van der Waals surface area contributed by atoms with E-state index in [0.717, 1.165) is 5.69 Å². The average Bonchev–Trinajstić information content (AvgIpc) is 3.08. The summed E-state index contributed by atoms with van der Waals surface area (Å²) in [5, 5.41) is 5.52. The summed E-state index contributed by atoms with van der Waals surface area (Å²) in [7, 11) is 1.89. The summed E-state index contributed by atoms with van der Waals surface area (Å²) in [5.41, 5.74) is 1.79. The standard InChI is InChI=1S/C20H23N3O4/c1-4-26-19(24)17-15(12-23(3)14-8-6-5-7-9-14)21-20(25)22-18(17)16-11-10-13(2)27-16/h5-11,18H,4,12H2,1-3H3,(H2,21,22,25)/t18-/m1/s1. The maximum Gasteiger partial charge on any atom is 0.338 e. The minimum absolute atomic E-state index is 0.238. The Kier molecular flexibility index (Phi) is 5.49. The highest BCUT2D eigenvalue weighted by atomic mass is 16.5. The molecule has 142 valence electrons. The Balaban J connectivity index is 2.00. The predicted molar refractivity (Wildman–Crippen MR) is 101 cm³/mol. The Morgan fingerprint density at radius 3 is 2.59 bits per heavy atom. The summed E-state index contributed by atoms with van der Waals surface area (Å²) < 4.78 is 10.9. The molecule has 0 fully saturated rings. The Morgan fingerprint density at radius 1 is 1.22 bits per heavy atom. The van der Waals surface area contributed by atoms with Crippen LogP contribution in [0.4, 0.5) is 10.5 Å². The third-order valence-electron chi connectivity index (χ3n) is 4.29. The fourth-order valence-electron chi connectivity index (χ4n) is 3.03. The third kappa shape index (κ3) is 4.13. The highest BCUT2D eigenvalue weighted by molar-refractivity contribution is 5.95. The number of amides is 2. The number of likely N-dealkylation sites (N-methyl/N-ethyl adjacent to an activating group) is 1. The number of para-hydroxylation sites is 1. The number of anilines is 1. The van der Waals surface area contributed by atoms with Crippen molar-refractivity contribution in [3.8, 4) is 0 Å². The Hall–Kier alpha value is -3.22. The number of rotatable bonds is 6. The number of carbonyl (C=O) groups excluding carboxylic acids is 2. The molecule has 1 atom stereocenters. The van der Waals surface area contributed by atoms with Crippen LogP contribution in [0, 0.1) is 6.92 Å². The summed E-state index contributed by atoms with van der Waals surface area (Å²) in [6.07, 6.45) is 0. The number of ether oxygens (including phenoxy) is 1. The number of aryl methyl sites for hydroxylation is 1. The van der Waals surface area contributed by atoms with E-state index in [4.69, 9.17) is 9.15 Å². The number of nitrogens with zero attached hydrogens (tertiary/aromatic N) is 1. The molecule has 2 amide bonds. The van der Waals surface area contributed by atoms with Gasteiger partial charge in [-0.25, -0.2) is 9.59 Å². The zero-order valence-electron chi connectivity index (χ0n) is 15.6. The highest BCUT2D eigenvalue weighted by Gasteiger charge is 2.35. The number of nitrogens with one attached hydrogen (secondary N) is 2. The van der Waals surface area contributed by atoms with Gasteiger partial charge in [0.25, 0.3) is 0 Å². The fraction of sp³-hybridized carbons (Fsp3) is 0.300. The van der Waals surface area contributed by atoms with Gasteiger partial charge in [0.15, 0.2) is 0 Å². The first-order chi connectivity index (χ1) is 13.0. The van der Waals surface area contributed by atoms with E-state index < -0.39 is 18.0 Å². The molecule has 1 aliphatic rings. The van der Waals surface area contributed by atoms with Crippen LogP contribution >= 0.6 is 0 Å². The van der Waals surface area contributed by atoms with Gasteiger partial charge in [-0.15, -0.1) is 0 Å². The van der Waals surface area contributed by atoms with Crippen molar-refractivity contribution in [2.24, 2.45) is 0 Å². The number of benzene rings is 1. The van der Waals surface area contributed by atoms with Crippen molar-refractivity contribution < 1.29 is 18.7 Å². The molecule has 0 spiro atoms. The van der Waals surface area contributed by atoms with Crippen molar-refractivity contribution in [1.29, 1.82) is 0 Å². The first kappa shape index (κ1) is 18.6. The van der Waals surface area contributed by atoms with Gasteiger partial charge in [-0.1, -0.05) is 18.2 Å². The van der Waals surface area contributed by atoms with E-state index >= 15 is 0 Å². The summed E-state index contributed by atoms with van der Waals surface area (Å²) in [6.45, 7) is 4.13.